The van der Waals surface area contributed by atoms with Crippen LogP contribution in [0.3, 0.4) is 0 Å². The summed E-state index contributed by atoms with van der Waals surface area (Å²) in [5.41, 5.74) is 0.147. The van der Waals surface area contributed by atoms with Gasteiger partial charge < -0.3 is 35.1 Å². The first-order valence-corrected chi connectivity index (χ1v) is 21.5. The summed E-state index contributed by atoms with van der Waals surface area (Å²) in [6.07, 6.45) is -10.2. The van der Waals surface area contributed by atoms with Gasteiger partial charge in [-0.1, -0.05) is 99.3 Å². The van der Waals surface area contributed by atoms with Crippen LogP contribution in [-0.4, -0.2) is 66.2 Å². The van der Waals surface area contributed by atoms with E-state index in [9.17, 15) is 50.3 Å². The van der Waals surface area contributed by atoms with Crippen LogP contribution >= 0.6 is 50.7 Å². The van der Waals surface area contributed by atoms with Gasteiger partial charge in [0.05, 0.1) is 30.6 Å². The highest BCUT2D eigenvalue weighted by atomic mass is 79.9. The molecule has 5 rings (SSSR count). The zero-order valence-corrected chi connectivity index (χ0v) is 39.5. The molecule has 0 saturated heterocycles. The fraction of sp³-hybridized carbons (Fsp3) is 0.239. The van der Waals surface area contributed by atoms with E-state index in [-0.39, 0.29) is 49.5 Å². The van der Waals surface area contributed by atoms with Crippen molar-refractivity contribution in [3.63, 3.8) is 0 Å². The Labute approximate surface area is 409 Å². The fourth-order valence-electron chi connectivity index (χ4n) is 4.90. The molecule has 0 aromatic heterocycles. The minimum Gasteiger partial charge on any atom is -0.508 e. The molecule has 2 amide bonds. The van der Waals surface area contributed by atoms with Crippen molar-refractivity contribution in [3.8, 4) is 11.5 Å². The molecule has 12 nitrogen and oxygen atoms in total. The van der Waals surface area contributed by atoms with Crippen molar-refractivity contribution in [3.05, 3.63) is 164 Å². The van der Waals surface area contributed by atoms with Crippen molar-refractivity contribution in [2.75, 3.05) is 26.3 Å². The van der Waals surface area contributed by atoms with Crippen LogP contribution in [0.5, 0.6) is 11.5 Å². The molecule has 0 bridgehead atoms. The van der Waals surface area contributed by atoms with Gasteiger partial charge in [-0.15, -0.1) is 0 Å². The fourth-order valence-corrected chi connectivity index (χ4v) is 5.72. The summed E-state index contributed by atoms with van der Waals surface area (Å²) < 4.78 is 89.9. The predicted molar refractivity (Wildman–Crippen MR) is 245 cm³/mol. The van der Waals surface area contributed by atoms with E-state index in [1.54, 1.807) is 48.5 Å². The topological polar surface area (TPSA) is 178 Å². The molecule has 0 saturated carbocycles. The summed E-state index contributed by atoms with van der Waals surface area (Å²) in [5.74, 6) is -3.00. The van der Waals surface area contributed by atoms with Gasteiger partial charge in [-0.3, -0.25) is 19.2 Å². The standard InChI is InChI=1S/C19H17ClF3NO4.C12H13BrClNO3.C8H7ClO2.C7H5F3O/c1-12(25)24-9-10-27-18(26)17(13-5-7-15(20)8-6-13)28-16-4-2-3-14(11-16)19(21,22)23;1-8(16)15-6-7-18-12(17)11(13)9-2-4-10(14)5-3-9;9-7-3-1-6(2-4-7)5-8(10)11;8-7(9,10)5-2-1-3-6(11)4-5/h2-8,11,17H,9-10H2,1H3,(H,24,25);2-5,11H,6-7H2,1H3,(H,15,16);1-4H,5H2,(H,10,11);1-4,11H. The van der Waals surface area contributed by atoms with Crippen LogP contribution in [0.1, 0.15) is 52.6 Å². The van der Waals surface area contributed by atoms with E-state index >= 15 is 0 Å². The second-order valence-corrected chi connectivity index (χ2v) is 15.8. The van der Waals surface area contributed by atoms with Gasteiger partial charge >= 0.3 is 30.3 Å². The lowest BCUT2D eigenvalue weighted by Gasteiger charge is -2.19. The number of carboxylic acid groups (broad SMARTS) is 1. The van der Waals surface area contributed by atoms with Crippen molar-refractivity contribution in [2.45, 2.75) is 43.6 Å². The minimum absolute atomic E-state index is 0.0527. The lowest BCUT2D eigenvalue weighted by molar-refractivity contribution is -0.152. The number of aliphatic carboxylic acids is 1. The number of halogens is 10. The smallest absolute Gasteiger partial charge is 0.416 e. The van der Waals surface area contributed by atoms with E-state index in [4.69, 9.17) is 59.2 Å². The Hall–Kier alpha value is -6.02. The third-order valence-electron chi connectivity index (χ3n) is 8.05. The second-order valence-electron chi connectivity index (χ2n) is 13.5. The van der Waals surface area contributed by atoms with Crippen LogP contribution in [0.15, 0.2) is 121 Å². The van der Waals surface area contributed by atoms with Gasteiger partial charge in [0, 0.05) is 34.5 Å². The van der Waals surface area contributed by atoms with E-state index in [1.165, 1.54) is 56.3 Å². The molecule has 4 N–H and O–H groups in total. The van der Waals surface area contributed by atoms with Crippen molar-refractivity contribution >= 4 is 80.5 Å². The van der Waals surface area contributed by atoms with Gasteiger partial charge in [0.1, 0.15) is 29.5 Å². The number of benzene rings is 5. The molecule has 5 aromatic carbocycles. The quantitative estimate of drug-likeness (QED) is 0.0362. The molecule has 0 spiro atoms. The average molecular weight is 1080 g/mol. The van der Waals surface area contributed by atoms with Crippen molar-refractivity contribution in [2.24, 2.45) is 0 Å². The number of esters is 2. The molecule has 0 heterocycles. The number of alkyl halides is 7. The van der Waals surface area contributed by atoms with Crippen molar-refractivity contribution in [1.82, 2.24) is 10.6 Å². The van der Waals surface area contributed by atoms with Gasteiger partial charge in [0.2, 0.25) is 17.9 Å². The monoisotopic (exact) mass is 1080 g/mol. The number of amides is 2. The SMILES string of the molecule is CC(=O)NCCOC(=O)C(Br)c1ccc(Cl)cc1.CC(=O)NCCOC(=O)C(Oc1cccc(C(F)(F)F)c1)c1ccc(Cl)cc1.O=C(O)Cc1ccc(Cl)cc1.Oc1cccc(C(F)(F)F)c1. The van der Waals surface area contributed by atoms with E-state index in [2.05, 4.69) is 26.6 Å². The van der Waals surface area contributed by atoms with E-state index in [1.807, 2.05) is 0 Å². The normalized spacial score (nSPS) is 11.5. The third kappa shape index (κ3) is 23.6. The van der Waals surface area contributed by atoms with E-state index in [0.717, 1.165) is 35.4 Å². The molecule has 0 aliphatic carbocycles. The van der Waals surface area contributed by atoms with Crippen molar-refractivity contribution < 1.29 is 74.7 Å². The molecular weight excluding hydrogens is 1040 g/mol. The van der Waals surface area contributed by atoms with E-state index in [0.29, 0.717) is 33.2 Å². The summed E-state index contributed by atoms with van der Waals surface area (Å²) >= 11 is 20.4. The maximum Gasteiger partial charge on any atom is 0.416 e. The van der Waals surface area contributed by atoms with Gasteiger partial charge in [-0.25, -0.2) is 4.79 Å². The Bertz CT molecular complexity index is 2390. The molecule has 0 fully saturated rings. The zero-order chi connectivity index (χ0) is 51.0. The van der Waals surface area contributed by atoms with Crippen LogP contribution in [0, 0.1) is 0 Å². The number of phenols is 1. The zero-order valence-electron chi connectivity index (χ0n) is 35.7. The molecule has 0 radical (unpaired) electrons. The van der Waals surface area contributed by atoms with E-state index < -0.39 is 52.3 Å². The van der Waals surface area contributed by atoms with Crippen LogP contribution in [0.4, 0.5) is 26.3 Å². The molecule has 0 aliphatic rings. The summed E-state index contributed by atoms with van der Waals surface area (Å²) in [4.78, 5) is 55.2. The third-order valence-corrected chi connectivity index (χ3v) is 9.71. The molecule has 5 aromatic rings. The van der Waals surface area contributed by atoms with Crippen LogP contribution < -0.4 is 15.4 Å². The highest BCUT2D eigenvalue weighted by molar-refractivity contribution is 9.09. The Morgan fingerprint density at radius 2 is 1.04 bits per heavy atom. The maximum absolute atomic E-state index is 12.9. The first kappa shape index (κ1) is 58.1. The largest absolute Gasteiger partial charge is 0.508 e. The lowest BCUT2D eigenvalue weighted by atomic mass is 10.1. The summed E-state index contributed by atoms with van der Waals surface area (Å²) in [6, 6.07) is 27.8. The number of hydrogen-bond donors (Lipinski definition) is 4. The number of aromatic hydroxyl groups is 1. The molecule has 2 unspecified atom stereocenters. The summed E-state index contributed by atoms with van der Waals surface area (Å²) in [7, 11) is 0. The molecule has 68 heavy (non-hydrogen) atoms. The highest BCUT2D eigenvalue weighted by Gasteiger charge is 2.32. The lowest BCUT2D eigenvalue weighted by Crippen LogP contribution is -2.28. The molecule has 2 atom stereocenters. The number of ether oxygens (including phenoxy) is 3. The van der Waals surface area contributed by atoms with Gasteiger partial charge in [-0.2, -0.15) is 26.3 Å². The van der Waals surface area contributed by atoms with Gasteiger partial charge in [-0.05, 0) is 83.9 Å². The van der Waals surface area contributed by atoms with Gasteiger partial charge in [0.15, 0.2) is 0 Å². The summed E-state index contributed by atoms with van der Waals surface area (Å²) in [6.45, 7) is 3.15. The van der Waals surface area contributed by atoms with Crippen LogP contribution in [0.25, 0.3) is 0 Å². The number of rotatable bonds is 14. The van der Waals surface area contributed by atoms with Crippen molar-refractivity contribution in [1.29, 1.82) is 0 Å². The Morgan fingerprint density at radius 3 is 1.47 bits per heavy atom. The molecule has 0 aliphatic heterocycles. The number of phenolic OH excluding ortho intramolecular Hbond substituents is 1. The first-order chi connectivity index (χ1) is 31.8. The van der Waals surface area contributed by atoms with Crippen LogP contribution in [0.2, 0.25) is 15.1 Å². The second kappa shape index (κ2) is 29.0. The average Bonchev–Trinajstić information content (AvgIpc) is 3.27. The highest BCUT2D eigenvalue weighted by Crippen LogP contribution is 2.34. The number of nitrogens with one attached hydrogen (secondary N) is 2. The number of carbonyl (C=O) groups excluding carboxylic acids is 4. The number of carboxylic acids is 1. The Balaban J connectivity index is 0.000000338. The molecular formula is C46H42BrCl3F6N2O10. The maximum atomic E-state index is 12.9. The Morgan fingerprint density at radius 1 is 0.618 bits per heavy atom. The number of carbonyl (C=O) groups is 5. The first-order valence-electron chi connectivity index (χ1n) is 19.5. The number of hydrogen-bond acceptors (Lipinski definition) is 9. The van der Waals surface area contributed by atoms with Crippen LogP contribution in [-0.2, 0) is 52.2 Å². The summed E-state index contributed by atoms with van der Waals surface area (Å²) in [5, 5.41) is 23.7. The van der Waals surface area contributed by atoms with Gasteiger partial charge in [0.25, 0.3) is 0 Å². The molecule has 366 valence electrons. The minimum atomic E-state index is -4.55. The predicted octanol–water partition coefficient (Wildman–Crippen LogP) is 11.0. The Kier molecular flexibility index (Phi) is 24.8. The molecule has 22 heteroatoms.